The van der Waals surface area contributed by atoms with E-state index in [-0.39, 0.29) is 17.8 Å². The summed E-state index contributed by atoms with van der Waals surface area (Å²) in [5.41, 5.74) is 10.5. The van der Waals surface area contributed by atoms with Gasteiger partial charge in [-0.15, -0.1) is 10.6 Å². The summed E-state index contributed by atoms with van der Waals surface area (Å²) in [4.78, 5) is 5.02. The first kappa shape index (κ1) is 13.2. The van der Waals surface area contributed by atoms with Gasteiger partial charge in [-0.25, -0.2) is 5.53 Å². The number of benzene rings is 1. The number of nitrogens with zero attached hydrogens (tertiary/aromatic N) is 1. The summed E-state index contributed by atoms with van der Waals surface area (Å²) in [6.45, 7) is 1.50. The molecule has 0 spiro atoms. The van der Waals surface area contributed by atoms with E-state index < -0.39 is 0 Å². The van der Waals surface area contributed by atoms with E-state index in [0.717, 1.165) is 18.8 Å². The molecule has 0 bridgehead atoms. The molecule has 100 valence electrons. The van der Waals surface area contributed by atoms with E-state index >= 15 is 0 Å². The van der Waals surface area contributed by atoms with Crippen molar-refractivity contribution in [1.82, 2.24) is 10.8 Å². The molecule has 7 heteroatoms. The molecule has 1 heterocycles. The van der Waals surface area contributed by atoms with Crippen LogP contribution in [0, 0.1) is 10.9 Å². The van der Waals surface area contributed by atoms with Gasteiger partial charge in [0.25, 0.3) is 0 Å². The van der Waals surface area contributed by atoms with Gasteiger partial charge in [0.1, 0.15) is 6.17 Å². The second kappa shape index (κ2) is 6.62. The maximum absolute atomic E-state index is 7.32. The molecule has 1 aliphatic rings. The summed E-state index contributed by atoms with van der Waals surface area (Å²) < 4.78 is 0. The van der Waals surface area contributed by atoms with Crippen LogP contribution >= 0.6 is 0 Å². The Bertz CT molecular complexity index is 472. The molecule has 0 amide bonds. The van der Waals surface area contributed by atoms with Crippen molar-refractivity contribution in [3.63, 3.8) is 0 Å². The average molecular weight is 260 g/mol. The molecule has 0 fully saturated rings. The zero-order valence-electron chi connectivity index (χ0n) is 10.3. The fourth-order valence-electron chi connectivity index (χ4n) is 1.62. The summed E-state index contributed by atoms with van der Waals surface area (Å²) >= 11 is 0. The van der Waals surface area contributed by atoms with Crippen LogP contribution in [0.15, 0.2) is 47.3 Å². The van der Waals surface area contributed by atoms with Crippen LogP contribution in [-0.2, 0) is 4.84 Å². The molecule has 0 saturated carbocycles. The van der Waals surface area contributed by atoms with Gasteiger partial charge in [0.15, 0.2) is 5.76 Å². The summed E-state index contributed by atoms with van der Waals surface area (Å²) in [5.74, 6) is 0.0720. The molecular formula is C12H16N6O. The lowest BCUT2D eigenvalue weighted by atomic mass is 10.3. The molecule has 0 radical (unpaired) electrons. The van der Waals surface area contributed by atoms with Crippen molar-refractivity contribution in [2.24, 2.45) is 5.11 Å². The van der Waals surface area contributed by atoms with Gasteiger partial charge in [0.05, 0.1) is 0 Å². The van der Waals surface area contributed by atoms with E-state index in [0.29, 0.717) is 0 Å². The van der Waals surface area contributed by atoms with E-state index in [2.05, 4.69) is 21.2 Å². The Morgan fingerprint density at radius 1 is 1.32 bits per heavy atom. The maximum Gasteiger partial charge on any atom is 0.211 e. The Balaban J connectivity index is 1.68. The third-order valence-electron chi connectivity index (χ3n) is 2.55. The maximum atomic E-state index is 7.32. The van der Waals surface area contributed by atoms with E-state index in [1.807, 2.05) is 30.3 Å². The molecule has 19 heavy (non-hydrogen) atoms. The fraction of sp³-hybridized carbons (Fsp3) is 0.250. The fourth-order valence-corrected chi connectivity index (χ4v) is 1.62. The molecule has 0 aromatic heterocycles. The van der Waals surface area contributed by atoms with Crippen LogP contribution in [0.4, 0.5) is 5.69 Å². The van der Waals surface area contributed by atoms with E-state index in [1.54, 1.807) is 6.08 Å². The minimum absolute atomic E-state index is 0.172. The highest BCUT2D eigenvalue weighted by molar-refractivity contribution is 5.94. The first-order chi connectivity index (χ1) is 9.29. The standard InChI is InChI=1S/C12H16N6O/c13-12(17-14)10-8-11(18-19-10)16-7-6-15-9-4-2-1-3-5-9/h1-5,8,11,13-16,18H,6-7H2. The van der Waals surface area contributed by atoms with Crippen LogP contribution in [0.2, 0.25) is 0 Å². The smallest absolute Gasteiger partial charge is 0.211 e. The highest BCUT2D eigenvalue weighted by atomic mass is 16.7. The van der Waals surface area contributed by atoms with Gasteiger partial charge in [-0.05, 0) is 18.2 Å². The van der Waals surface area contributed by atoms with Gasteiger partial charge in [-0.1, -0.05) is 18.2 Å². The van der Waals surface area contributed by atoms with Crippen molar-refractivity contribution in [1.29, 1.82) is 10.9 Å². The minimum Gasteiger partial charge on any atom is -0.403 e. The second-order valence-corrected chi connectivity index (χ2v) is 3.94. The first-order valence-corrected chi connectivity index (χ1v) is 5.92. The predicted molar refractivity (Wildman–Crippen MR) is 71.9 cm³/mol. The van der Waals surface area contributed by atoms with E-state index in [1.165, 1.54) is 0 Å². The van der Waals surface area contributed by atoms with Crippen molar-refractivity contribution < 1.29 is 4.84 Å². The number of rotatable bonds is 6. The van der Waals surface area contributed by atoms with E-state index in [4.69, 9.17) is 15.8 Å². The van der Waals surface area contributed by atoms with Crippen LogP contribution in [0.5, 0.6) is 0 Å². The minimum atomic E-state index is -0.195. The zero-order valence-corrected chi connectivity index (χ0v) is 10.3. The molecule has 5 N–H and O–H groups in total. The summed E-state index contributed by atoms with van der Waals surface area (Å²) in [6, 6.07) is 9.94. The van der Waals surface area contributed by atoms with Crippen molar-refractivity contribution in [2.45, 2.75) is 6.17 Å². The Kier molecular flexibility index (Phi) is 4.60. The number of amidine groups is 1. The lowest BCUT2D eigenvalue weighted by molar-refractivity contribution is 0.119. The normalized spacial score (nSPS) is 17.5. The molecule has 2 rings (SSSR count). The van der Waals surface area contributed by atoms with Crippen molar-refractivity contribution in [2.75, 3.05) is 18.4 Å². The first-order valence-electron chi connectivity index (χ1n) is 5.92. The zero-order chi connectivity index (χ0) is 13.5. The van der Waals surface area contributed by atoms with Crippen molar-refractivity contribution >= 4 is 11.5 Å². The number of anilines is 1. The Morgan fingerprint density at radius 3 is 2.84 bits per heavy atom. The van der Waals surface area contributed by atoms with Gasteiger partial charge < -0.3 is 10.2 Å². The molecule has 1 aromatic carbocycles. The third kappa shape index (κ3) is 3.87. The quantitative estimate of drug-likeness (QED) is 0.231. The van der Waals surface area contributed by atoms with Crippen molar-refractivity contribution in [3.05, 3.63) is 42.2 Å². The van der Waals surface area contributed by atoms with Crippen LogP contribution in [0.3, 0.4) is 0 Å². The molecule has 1 aliphatic heterocycles. The highest BCUT2D eigenvalue weighted by Crippen LogP contribution is 2.07. The Hall–Kier alpha value is -2.25. The molecule has 1 atom stereocenters. The van der Waals surface area contributed by atoms with Crippen molar-refractivity contribution in [3.8, 4) is 0 Å². The number of nitrogens with one attached hydrogen (secondary N) is 5. The number of hydrogen-bond donors (Lipinski definition) is 5. The third-order valence-corrected chi connectivity index (χ3v) is 2.55. The van der Waals surface area contributed by atoms with Gasteiger partial charge in [0, 0.05) is 18.8 Å². The summed E-state index contributed by atoms with van der Waals surface area (Å²) in [6.07, 6.45) is 1.51. The van der Waals surface area contributed by atoms with Gasteiger partial charge in [-0.3, -0.25) is 10.7 Å². The molecule has 7 nitrogen and oxygen atoms in total. The molecule has 1 aromatic rings. The molecule has 0 aliphatic carbocycles. The molecule has 0 saturated heterocycles. The average Bonchev–Trinajstić information content (AvgIpc) is 2.93. The summed E-state index contributed by atoms with van der Waals surface area (Å²) in [7, 11) is 0. The van der Waals surface area contributed by atoms with Crippen LogP contribution in [0.1, 0.15) is 0 Å². The second-order valence-electron chi connectivity index (χ2n) is 3.94. The monoisotopic (exact) mass is 260 g/mol. The van der Waals surface area contributed by atoms with Crippen LogP contribution in [0.25, 0.3) is 0 Å². The number of hydroxylamine groups is 1. The lowest BCUT2D eigenvalue weighted by Crippen LogP contribution is -2.39. The molecular weight excluding hydrogens is 244 g/mol. The van der Waals surface area contributed by atoms with Crippen LogP contribution in [-0.4, -0.2) is 25.1 Å². The Labute approximate surface area is 111 Å². The molecule has 1 unspecified atom stereocenters. The van der Waals surface area contributed by atoms with Gasteiger partial charge in [0.2, 0.25) is 5.84 Å². The summed E-state index contributed by atoms with van der Waals surface area (Å²) in [5, 5.41) is 16.8. The largest absolute Gasteiger partial charge is 0.403 e. The lowest BCUT2D eigenvalue weighted by Gasteiger charge is -2.11. The number of para-hydroxylation sites is 1. The number of hydrogen-bond acceptors (Lipinski definition) is 6. The van der Waals surface area contributed by atoms with Gasteiger partial charge >= 0.3 is 0 Å². The topological polar surface area (TPSA) is 105 Å². The Morgan fingerprint density at radius 2 is 2.11 bits per heavy atom. The predicted octanol–water partition coefficient (Wildman–Crippen LogP) is 1.44. The van der Waals surface area contributed by atoms with E-state index in [9.17, 15) is 0 Å². The highest BCUT2D eigenvalue weighted by Gasteiger charge is 2.19. The van der Waals surface area contributed by atoms with Crippen LogP contribution < -0.4 is 16.1 Å². The SMILES string of the molecule is N=NC(=N)C1=CC(NCCNc2ccccc2)NO1. The van der Waals surface area contributed by atoms with Gasteiger partial charge in [-0.2, -0.15) is 0 Å².